The van der Waals surface area contributed by atoms with Crippen LogP contribution >= 0.6 is 15.9 Å². The van der Waals surface area contributed by atoms with E-state index >= 15 is 0 Å². The molecule has 1 aliphatic heterocycles. The van der Waals surface area contributed by atoms with Gasteiger partial charge in [-0.25, -0.2) is 4.90 Å². The Morgan fingerprint density at radius 2 is 1.42 bits per heavy atom. The molecule has 2 aromatic rings. The number of halogens is 1. The summed E-state index contributed by atoms with van der Waals surface area (Å²) in [7, 11) is 0. The predicted molar refractivity (Wildman–Crippen MR) is 95.8 cm³/mol. The van der Waals surface area contributed by atoms with Crippen molar-refractivity contribution in [2.75, 3.05) is 4.90 Å². The van der Waals surface area contributed by atoms with Gasteiger partial charge in [-0.15, -0.1) is 0 Å². The van der Waals surface area contributed by atoms with E-state index in [0.29, 0.717) is 18.5 Å². The smallest absolute Gasteiger partial charge is 0.243 e. The zero-order chi connectivity index (χ0) is 17.0. The fourth-order valence-electron chi connectivity index (χ4n) is 3.63. The number of amides is 2. The number of hydrogen-bond donors (Lipinski definition) is 2. The molecule has 1 saturated carbocycles. The molecule has 2 atom stereocenters. The number of rotatable bonds is 1. The van der Waals surface area contributed by atoms with Gasteiger partial charge in [0.25, 0.3) is 0 Å². The number of nitrogens with zero attached hydrogens (tertiary/aromatic N) is 1. The lowest BCUT2D eigenvalue weighted by molar-refractivity contribution is -0.121. The summed E-state index contributed by atoms with van der Waals surface area (Å²) in [6.07, 6.45) is 0.766. The first-order valence-corrected chi connectivity index (χ1v) is 8.49. The van der Waals surface area contributed by atoms with Crippen LogP contribution in [0, 0.1) is 22.7 Å². The van der Waals surface area contributed by atoms with Gasteiger partial charge in [0.1, 0.15) is 0 Å². The molecule has 4 rings (SSSR count). The average molecular weight is 384 g/mol. The molecule has 2 N–H and O–H groups in total. The topological polar surface area (TPSA) is 85.1 Å². The third-order valence-corrected chi connectivity index (χ3v) is 5.50. The molecule has 2 aliphatic rings. The van der Waals surface area contributed by atoms with Gasteiger partial charge in [0.2, 0.25) is 11.8 Å². The Morgan fingerprint density at radius 1 is 0.875 bits per heavy atom. The molecule has 1 aliphatic carbocycles. The Hall–Kier alpha value is -2.34. The van der Waals surface area contributed by atoms with E-state index < -0.39 is 11.8 Å². The summed E-state index contributed by atoms with van der Waals surface area (Å²) in [5.74, 6) is -2.37. The molecule has 0 radical (unpaired) electrons. The minimum atomic E-state index is -0.804. The van der Waals surface area contributed by atoms with Gasteiger partial charge >= 0.3 is 0 Å². The van der Waals surface area contributed by atoms with Gasteiger partial charge in [-0.1, -0.05) is 40.2 Å². The summed E-state index contributed by atoms with van der Waals surface area (Å²) < 4.78 is 0.888. The zero-order valence-corrected chi connectivity index (χ0v) is 14.3. The highest BCUT2D eigenvalue weighted by Crippen LogP contribution is 2.40. The molecule has 2 unspecified atom stereocenters. The normalized spacial score (nSPS) is 24.0. The van der Waals surface area contributed by atoms with Crippen LogP contribution in [-0.2, 0) is 9.59 Å². The molecule has 1 heterocycles. The van der Waals surface area contributed by atoms with Crippen LogP contribution < -0.4 is 4.90 Å². The molecule has 2 amide bonds. The molecular weight excluding hydrogens is 370 g/mol. The zero-order valence-electron chi connectivity index (χ0n) is 12.7. The minimum Gasteiger partial charge on any atom is -0.309 e. The van der Waals surface area contributed by atoms with Crippen molar-refractivity contribution >= 4 is 55.6 Å². The second kappa shape index (κ2) is 5.34. The summed E-state index contributed by atoms with van der Waals surface area (Å²) in [6.45, 7) is 0. The van der Waals surface area contributed by atoms with Gasteiger partial charge in [-0.2, -0.15) is 0 Å². The van der Waals surface area contributed by atoms with E-state index in [0.717, 1.165) is 15.2 Å². The summed E-state index contributed by atoms with van der Waals surface area (Å²) in [5, 5.41) is 17.9. The van der Waals surface area contributed by atoms with Gasteiger partial charge in [0.05, 0.1) is 17.5 Å². The molecule has 6 heteroatoms. The maximum absolute atomic E-state index is 12.9. The van der Waals surface area contributed by atoms with Crippen LogP contribution in [0.5, 0.6) is 0 Å². The minimum absolute atomic E-state index is 0.262. The van der Waals surface area contributed by atoms with Crippen LogP contribution in [-0.4, -0.2) is 23.2 Å². The molecule has 0 spiro atoms. The fraction of sp³-hybridized carbons (Fsp3) is 0.222. The fourth-order valence-corrected chi connectivity index (χ4v) is 4.11. The summed E-state index contributed by atoms with van der Waals surface area (Å²) in [4.78, 5) is 27.0. The van der Waals surface area contributed by atoms with Gasteiger partial charge in [-0.3, -0.25) is 9.59 Å². The van der Waals surface area contributed by atoms with E-state index in [4.69, 9.17) is 10.8 Å². The average Bonchev–Trinajstić information content (AvgIpc) is 2.84. The first kappa shape index (κ1) is 15.2. The van der Waals surface area contributed by atoms with Crippen LogP contribution in [0.3, 0.4) is 0 Å². The highest BCUT2D eigenvalue weighted by Gasteiger charge is 2.53. The second-order valence-corrected chi connectivity index (χ2v) is 6.98. The second-order valence-electron chi connectivity index (χ2n) is 6.13. The third-order valence-electron chi connectivity index (χ3n) is 4.81. The SMILES string of the molecule is N=C1CCC(=N)C2C(=O)N(c3ccc(Br)c4ccccc34)C(=O)C12. The molecule has 2 fully saturated rings. The van der Waals surface area contributed by atoms with Crippen LogP contribution in [0.15, 0.2) is 40.9 Å². The Labute approximate surface area is 146 Å². The Bertz CT molecular complexity index is 903. The van der Waals surface area contributed by atoms with Crippen molar-refractivity contribution in [1.82, 2.24) is 0 Å². The van der Waals surface area contributed by atoms with E-state index in [1.54, 1.807) is 6.07 Å². The number of carbonyl (C=O) groups excluding carboxylic acids is 2. The molecular formula is C18H14BrN3O2. The Morgan fingerprint density at radius 3 is 2.00 bits per heavy atom. The third kappa shape index (κ3) is 1.99. The highest BCUT2D eigenvalue weighted by atomic mass is 79.9. The molecule has 5 nitrogen and oxygen atoms in total. The van der Waals surface area contributed by atoms with E-state index in [9.17, 15) is 9.59 Å². The number of fused-ring (bicyclic) bond motifs is 2. The first-order chi connectivity index (χ1) is 11.5. The monoisotopic (exact) mass is 383 g/mol. The summed E-state index contributed by atoms with van der Waals surface area (Å²) >= 11 is 3.49. The first-order valence-electron chi connectivity index (χ1n) is 7.70. The van der Waals surface area contributed by atoms with Crippen LogP contribution in [0.1, 0.15) is 12.8 Å². The van der Waals surface area contributed by atoms with E-state index in [1.807, 2.05) is 30.3 Å². The van der Waals surface area contributed by atoms with E-state index in [2.05, 4.69) is 15.9 Å². The molecule has 1 saturated heterocycles. The number of nitrogens with one attached hydrogen (secondary N) is 2. The van der Waals surface area contributed by atoms with Crippen molar-refractivity contribution in [2.45, 2.75) is 12.8 Å². The van der Waals surface area contributed by atoms with Gasteiger partial charge in [0.15, 0.2) is 0 Å². The molecule has 2 aromatic carbocycles. The maximum Gasteiger partial charge on any atom is 0.243 e. The lowest BCUT2D eigenvalue weighted by Gasteiger charge is -2.22. The van der Waals surface area contributed by atoms with Crippen molar-refractivity contribution in [3.8, 4) is 0 Å². The molecule has 24 heavy (non-hydrogen) atoms. The Kier molecular flexibility index (Phi) is 3.38. The number of hydrogen-bond acceptors (Lipinski definition) is 4. The van der Waals surface area contributed by atoms with Crippen molar-refractivity contribution in [1.29, 1.82) is 10.8 Å². The number of imide groups is 1. The van der Waals surface area contributed by atoms with Gasteiger partial charge in [-0.05, 0) is 30.4 Å². The Balaban J connectivity index is 1.90. The number of carbonyl (C=O) groups is 2. The van der Waals surface area contributed by atoms with Crippen LogP contribution in [0.2, 0.25) is 0 Å². The number of anilines is 1. The maximum atomic E-state index is 12.9. The molecule has 120 valence electrons. The largest absolute Gasteiger partial charge is 0.309 e. The predicted octanol–water partition coefficient (Wildman–Crippen LogP) is 3.54. The summed E-state index contributed by atoms with van der Waals surface area (Å²) in [6, 6.07) is 11.1. The summed E-state index contributed by atoms with van der Waals surface area (Å²) in [5.41, 5.74) is 1.05. The van der Waals surface area contributed by atoms with Gasteiger partial charge in [0, 0.05) is 21.3 Å². The molecule has 0 aromatic heterocycles. The lowest BCUT2D eigenvalue weighted by atomic mass is 9.78. The van der Waals surface area contributed by atoms with E-state index in [-0.39, 0.29) is 23.2 Å². The van der Waals surface area contributed by atoms with Gasteiger partial charge < -0.3 is 10.8 Å². The van der Waals surface area contributed by atoms with Crippen molar-refractivity contribution in [3.63, 3.8) is 0 Å². The van der Waals surface area contributed by atoms with Crippen molar-refractivity contribution in [2.24, 2.45) is 11.8 Å². The van der Waals surface area contributed by atoms with Crippen molar-refractivity contribution in [3.05, 3.63) is 40.9 Å². The quantitative estimate of drug-likeness (QED) is 0.737. The van der Waals surface area contributed by atoms with Crippen LogP contribution in [0.25, 0.3) is 10.8 Å². The molecule has 0 bridgehead atoms. The standard InChI is InChI=1S/C18H14BrN3O2/c19-11-5-8-14(10-4-2-1-3-9(10)11)22-17(23)15-12(20)6-7-13(21)16(15)18(22)24/h1-5,8,15-16,20-21H,6-7H2. The van der Waals surface area contributed by atoms with Crippen molar-refractivity contribution < 1.29 is 9.59 Å². The number of benzene rings is 2. The lowest BCUT2D eigenvalue weighted by Crippen LogP contribution is -2.36. The van der Waals surface area contributed by atoms with E-state index in [1.165, 1.54) is 4.90 Å². The highest BCUT2D eigenvalue weighted by molar-refractivity contribution is 9.10. The van der Waals surface area contributed by atoms with Crippen LogP contribution in [0.4, 0.5) is 5.69 Å².